The zero-order valence-corrected chi connectivity index (χ0v) is 17.0. The molecule has 2 heterocycles. The highest BCUT2D eigenvalue weighted by Crippen LogP contribution is 2.33. The molecule has 4 aromatic rings. The molecule has 0 radical (unpaired) electrons. The smallest absolute Gasteiger partial charge is 0.416 e. The predicted octanol–water partition coefficient (Wildman–Crippen LogP) is 5.93. The lowest BCUT2D eigenvalue weighted by molar-refractivity contribution is -0.137. The van der Waals surface area contributed by atoms with Gasteiger partial charge in [-0.2, -0.15) is 13.2 Å². The Morgan fingerprint density at radius 1 is 0.938 bits per heavy atom. The maximum absolute atomic E-state index is 12.9. The SMILES string of the molecule is O=C(Nc1nc(-c2cccc(C(F)(F)F)c2)cs1)c1cccc(NC(=O)c2ccco2)c1. The molecule has 4 rings (SSSR count). The Morgan fingerprint density at radius 3 is 2.50 bits per heavy atom. The van der Waals surface area contributed by atoms with E-state index in [-0.39, 0.29) is 16.5 Å². The lowest BCUT2D eigenvalue weighted by Gasteiger charge is -2.07. The van der Waals surface area contributed by atoms with Crippen LogP contribution >= 0.6 is 11.3 Å². The maximum atomic E-state index is 12.9. The van der Waals surface area contributed by atoms with Gasteiger partial charge < -0.3 is 9.73 Å². The highest BCUT2D eigenvalue weighted by molar-refractivity contribution is 7.14. The number of halogens is 3. The molecule has 2 N–H and O–H groups in total. The molecule has 162 valence electrons. The fourth-order valence-corrected chi connectivity index (χ4v) is 3.54. The van der Waals surface area contributed by atoms with Gasteiger partial charge in [0.15, 0.2) is 10.9 Å². The Kier molecular flexibility index (Phi) is 5.78. The van der Waals surface area contributed by atoms with Gasteiger partial charge in [0.1, 0.15) is 0 Å². The largest absolute Gasteiger partial charge is 0.459 e. The molecule has 0 aliphatic heterocycles. The molecule has 0 spiro atoms. The van der Waals surface area contributed by atoms with Crippen molar-refractivity contribution in [2.75, 3.05) is 10.6 Å². The number of rotatable bonds is 5. The fourth-order valence-electron chi connectivity index (χ4n) is 2.83. The van der Waals surface area contributed by atoms with Gasteiger partial charge >= 0.3 is 6.18 Å². The van der Waals surface area contributed by atoms with Crippen molar-refractivity contribution in [2.24, 2.45) is 0 Å². The summed E-state index contributed by atoms with van der Waals surface area (Å²) in [5.41, 5.74) is 0.484. The van der Waals surface area contributed by atoms with E-state index < -0.39 is 23.6 Å². The number of benzene rings is 2. The van der Waals surface area contributed by atoms with E-state index >= 15 is 0 Å². The van der Waals surface area contributed by atoms with Crippen LogP contribution in [0.25, 0.3) is 11.3 Å². The summed E-state index contributed by atoms with van der Waals surface area (Å²) in [5.74, 6) is -0.813. The Balaban J connectivity index is 1.46. The van der Waals surface area contributed by atoms with Gasteiger partial charge in [-0.05, 0) is 42.5 Å². The van der Waals surface area contributed by atoms with E-state index in [1.54, 1.807) is 29.6 Å². The molecule has 2 aromatic heterocycles. The summed E-state index contributed by atoms with van der Waals surface area (Å²) in [6.07, 6.45) is -3.08. The number of nitrogens with one attached hydrogen (secondary N) is 2. The van der Waals surface area contributed by atoms with Crippen LogP contribution in [0.1, 0.15) is 26.5 Å². The first-order valence-corrected chi connectivity index (χ1v) is 10.1. The van der Waals surface area contributed by atoms with Gasteiger partial charge in [0.2, 0.25) is 0 Å². The third-order valence-electron chi connectivity index (χ3n) is 4.34. The minimum absolute atomic E-state index is 0.129. The molecule has 0 aliphatic rings. The molecule has 0 bridgehead atoms. The number of hydrogen-bond donors (Lipinski definition) is 2. The van der Waals surface area contributed by atoms with Crippen molar-refractivity contribution in [2.45, 2.75) is 6.18 Å². The Labute approximate surface area is 183 Å². The number of carbonyl (C=O) groups is 2. The summed E-state index contributed by atoms with van der Waals surface area (Å²) in [5, 5.41) is 7.03. The van der Waals surface area contributed by atoms with E-state index in [0.29, 0.717) is 16.9 Å². The van der Waals surface area contributed by atoms with Gasteiger partial charge in [0.25, 0.3) is 11.8 Å². The number of anilines is 2. The topological polar surface area (TPSA) is 84.2 Å². The van der Waals surface area contributed by atoms with E-state index in [2.05, 4.69) is 15.6 Å². The first-order valence-electron chi connectivity index (χ1n) is 9.19. The molecule has 0 saturated heterocycles. The summed E-state index contributed by atoms with van der Waals surface area (Å²) in [7, 11) is 0. The number of nitrogens with zero attached hydrogens (tertiary/aromatic N) is 1. The number of thiazole rings is 1. The molecule has 32 heavy (non-hydrogen) atoms. The van der Waals surface area contributed by atoms with Crippen LogP contribution in [0, 0.1) is 0 Å². The number of furan rings is 1. The van der Waals surface area contributed by atoms with Crippen molar-refractivity contribution >= 4 is 34.0 Å². The second-order valence-electron chi connectivity index (χ2n) is 6.58. The van der Waals surface area contributed by atoms with Crippen LogP contribution in [-0.4, -0.2) is 16.8 Å². The van der Waals surface area contributed by atoms with Crippen LogP contribution in [0.2, 0.25) is 0 Å². The number of carbonyl (C=O) groups excluding carboxylic acids is 2. The minimum atomic E-state index is -4.46. The van der Waals surface area contributed by atoms with E-state index in [9.17, 15) is 22.8 Å². The Morgan fingerprint density at radius 2 is 1.75 bits per heavy atom. The van der Waals surface area contributed by atoms with Gasteiger partial charge in [-0.15, -0.1) is 11.3 Å². The van der Waals surface area contributed by atoms with E-state index in [4.69, 9.17) is 4.42 Å². The lowest BCUT2D eigenvalue weighted by Crippen LogP contribution is -2.14. The van der Waals surface area contributed by atoms with Crippen LogP contribution in [0.15, 0.2) is 76.7 Å². The summed E-state index contributed by atoms with van der Waals surface area (Å²) >= 11 is 1.09. The zero-order chi connectivity index (χ0) is 22.7. The monoisotopic (exact) mass is 457 g/mol. The summed E-state index contributed by atoms with van der Waals surface area (Å²) in [6, 6.07) is 14.2. The van der Waals surface area contributed by atoms with E-state index in [1.807, 2.05) is 0 Å². The van der Waals surface area contributed by atoms with Gasteiger partial charge in [-0.3, -0.25) is 14.9 Å². The minimum Gasteiger partial charge on any atom is -0.459 e. The lowest BCUT2D eigenvalue weighted by atomic mass is 10.1. The molecule has 10 heteroatoms. The van der Waals surface area contributed by atoms with Gasteiger partial charge in [0, 0.05) is 22.2 Å². The number of aromatic nitrogens is 1. The van der Waals surface area contributed by atoms with Crippen molar-refractivity contribution in [3.05, 3.63) is 89.2 Å². The molecule has 0 atom stereocenters. The van der Waals surface area contributed by atoms with Crippen molar-refractivity contribution < 1.29 is 27.2 Å². The molecule has 2 aromatic carbocycles. The first kappa shape index (κ1) is 21.3. The summed E-state index contributed by atoms with van der Waals surface area (Å²) < 4.78 is 43.8. The van der Waals surface area contributed by atoms with Crippen LogP contribution in [0.5, 0.6) is 0 Å². The second kappa shape index (κ2) is 8.67. The highest BCUT2D eigenvalue weighted by Gasteiger charge is 2.30. The van der Waals surface area contributed by atoms with Crippen LogP contribution in [0.3, 0.4) is 0 Å². The molecule has 6 nitrogen and oxygen atoms in total. The van der Waals surface area contributed by atoms with Crippen LogP contribution in [0.4, 0.5) is 24.0 Å². The van der Waals surface area contributed by atoms with Crippen LogP contribution < -0.4 is 10.6 Å². The normalized spacial score (nSPS) is 11.2. The quantitative estimate of drug-likeness (QED) is 0.389. The zero-order valence-electron chi connectivity index (χ0n) is 16.1. The maximum Gasteiger partial charge on any atom is 0.416 e. The molecule has 0 fully saturated rings. The van der Waals surface area contributed by atoms with Crippen molar-refractivity contribution in [3.63, 3.8) is 0 Å². The Bertz CT molecular complexity index is 1270. The Hall–Kier alpha value is -3.92. The van der Waals surface area contributed by atoms with Crippen molar-refractivity contribution in [1.29, 1.82) is 0 Å². The van der Waals surface area contributed by atoms with Gasteiger partial charge in [0.05, 0.1) is 17.5 Å². The molecule has 0 saturated carbocycles. The second-order valence-corrected chi connectivity index (χ2v) is 7.44. The fraction of sp³-hybridized carbons (Fsp3) is 0.0455. The van der Waals surface area contributed by atoms with E-state index in [0.717, 1.165) is 23.5 Å². The first-order chi connectivity index (χ1) is 15.3. The van der Waals surface area contributed by atoms with Crippen LogP contribution in [-0.2, 0) is 6.18 Å². The molecule has 0 unspecified atom stereocenters. The summed E-state index contributed by atoms with van der Waals surface area (Å²) in [6.45, 7) is 0. The van der Waals surface area contributed by atoms with Crippen molar-refractivity contribution in [3.8, 4) is 11.3 Å². The summed E-state index contributed by atoms with van der Waals surface area (Å²) in [4.78, 5) is 28.9. The number of alkyl halides is 3. The highest BCUT2D eigenvalue weighted by atomic mass is 32.1. The molecular weight excluding hydrogens is 443 g/mol. The number of hydrogen-bond acceptors (Lipinski definition) is 5. The van der Waals surface area contributed by atoms with Gasteiger partial charge in [-0.1, -0.05) is 18.2 Å². The third-order valence-corrected chi connectivity index (χ3v) is 5.10. The molecular formula is C22H14F3N3O3S. The average Bonchev–Trinajstić information content (AvgIpc) is 3.46. The van der Waals surface area contributed by atoms with Gasteiger partial charge in [-0.25, -0.2) is 4.98 Å². The average molecular weight is 457 g/mol. The number of amides is 2. The van der Waals surface area contributed by atoms with E-state index in [1.165, 1.54) is 30.5 Å². The molecule has 0 aliphatic carbocycles. The standard InChI is InChI=1S/C22H14F3N3O3S/c23-22(24,25)15-6-1-4-13(10-15)17-12-32-21(27-17)28-19(29)14-5-2-7-16(11-14)26-20(30)18-8-3-9-31-18/h1-12H,(H,26,30)(H,27,28,29). The predicted molar refractivity (Wildman–Crippen MR) is 114 cm³/mol. The third kappa shape index (κ3) is 4.86. The molecule has 2 amide bonds. The van der Waals surface area contributed by atoms with Crippen molar-refractivity contribution in [1.82, 2.24) is 4.98 Å².